The summed E-state index contributed by atoms with van der Waals surface area (Å²) < 4.78 is 0. The molecule has 140 valence electrons. The number of thioether (sulfide) groups is 2. The number of unbranched alkanes of at least 4 members (excludes halogenated alkanes) is 4. The molecule has 3 rings (SSSR count). The Labute approximate surface area is 169 Å². The Hall–Kier alpha value is 1.40. The molecule has 0 spiro atoms. The number of fused-ring (bicyclic) bond motifs is 5. The van der Waals surface area contributed by atoms with Crippen LogP contribution in [0.1, 0.15) is 64.2 Å². The van der Waals surface area contributed by atoms with Crippen LogP contribution in [0.5, 0.6) is 0 Å². The number of rotatable bonds is 12. The second-order valence-corrected chi connectivity index (χ2v) is 11.7. The molecule has 24 heavy (non-hydrogen) atoms. The SMILES string of the molecule is SCCCCCSC1CC2CC1C1CCC(SCCCCCS)C21. The van der Waals surface area contributed by atoms with Crippen molar-refractivity contribution >= 4 is 48.8 Å². The van der Waals surface area contributed by atoms with Crippen molar-refractivity contribution in [2.75, 3.05) is 23.0 Å². The highest BCUT2D eigenvalue weighted by Crippen LogP contribution is 2.63. The molecular formula is C20H36S4. The molecule has 4 heteroatoms. The number of hydrogen-bond acceptors (Lipinski definition) is 4. The van der Waals surface area contributed by atoms with Crippen molar-refractivity contribution < 1.29 is 0 Å². The molecule has 0 aromatic carbocycles. The van der Waals surface area contributed by atoms with Crippen molar-refractivity contribution in [3.05, 3.63) is 0 Å². The highest BCUT2D eigenvalue weighted by molar-refractivity contribution is 8.00. The lowest BCUT2D eigenvalue weighted by atomic mass is 9.81. The van der Waals surface area contributed by atoms with E-state index in [2.05, 4.69) is 48.8 Å². The van der Waals surface area contributed by atoms with E-state index in [0.717, 1.165) is 45.7 Å². The first kappa shape index (κ1) is 20.1. The Morgan fingerprint density at radius 3 is 2.00 bits per heavy atom. The van der Waals surface area contributed by atoms with Gasteiger partial charge < -0.3 is 0 Å². The standard InChI is InChI=1S/C20H36S4/c21-9-3-1-5-11-23-18-8-7-16-17-13-15(20(16)18)14-19(17)24-12-6-2-4-10-22/h15-22H,1-14H2. The van der Waals surface area contributed by atoms with Crippen molar-refractivity contribution in [2.24, 2.45) is 23.7 Å². The topological polar surface area (TPSA) is 0 Å². The molecule has 0 heterocycles. The first-order chi connectivity index (χ1) is 11.8. The minimum Gasteiger partial charge on any atom is -0.179 e. The fourth-order valence-electron chi connectivity index (χ4n) is 5.64. The Balaban J connectivity index is 1.37. The molecular weight excluding hydrogens is 368 g/mol. The summed E-state index contributed by atoms with van der Waals surface area (Å²) in [5, 5.41) is 2.04. The lowest BCUT2D eigenvalue weighted by Gasteiger charge is -2.33. The van der Waals surface area contributed by atoms with Crippen LogP contribution in [0, 0.1) is 23.7 Å². The highest BCUT2D eigenvalue weighted by atomic mass is 32.2. The van der Waals surface area contributed by atoms with E-state index >= 15 is 0 Å². The van der Waals surface area contributed by atoms with Crippen LogP contribution in [0.15, 0.2) is 0 Å². The summed E-state index contributed by atoms with van der Waals surface area (Å²) in [4.78, 5) is 0. The van der Waals surface area contributed by atoms with Crippen molar-refractivity contribution in [3.8, 4) is 0 Å². The molecule has 0 saturated heterocycles. The van der Waals surface area contributed by atoms with E-state index in [1.54, 1.807) is 19.3 Å². The van der Waals surface area contributed by atoms with Gasteiger partial charge in [0.1, 0.15) is 0 Å². The van der Waals surface area contributed by atoms with E-state index in [1.165, 1.54) is 56.5 Å². The molecule has 0 N–H and O–H groups in total. The van der Waals surface area contributed by atoms with Gasteiger partial charge in [-0.05, 0) is 98.0 Å². The number of thiol groups is 2. The minimum atomic E-state index is 1.02. The van der Waals surface area contributed by atoms with Crippen LogP contribution in [-0.4, -0.2) is 33.5 Å². The van der Waals surface area contributed by atoms with Crippen LogP contribution in [-0.2, 0) is 0 Å². The largest absolute Gasteiger partial charge is 0.179 e. The fraction of sp³-hybridized carbons (Fsp3) is 1.00. The predicted octanol–water partition coefficient (Wildman–Crippen LogP) is 6.46. The maximum absolute atomic E-state index is 4.33. The zero-order valence-corrected chi connectivity index (χ0v) is 18.5. The van der Waals surface area contributed by atoms with Crippen LogP contribution >= 0.6 is 48.8 Å². The fourth-order valence-corrected chi connectivity index (χ4v) is 9.33. The molecule has 3 aliphatic rings. The van der Waals surface area contributed by atoms with Crippen LogP contribution in [0.3, 0.4) is 0 Å². The van der Waals surface area contributed by atoms with E-state index in [4.69, 9.17) is 0 Å². The van der Waals surface area contributed by atoms with Crippen LogP contribution in [0.25, 0.3) is 0 Å². The molecule has 3 saturated carbocycles. The average molecular weight is 405 g/mol. The van der Waals surface area contributed by atoms with Gasteiger partial charge in [-0.15, -0.1) is 0 Å². The molecule has 0 aromatic heterocycles. The Morgan fingerprint density at radius 1 is 0.667 bits per heavy atom. The molecule has 0 amide bonds. The highest BCUT2D eigenvalue weighted by Gasteiger charge is 2.56. The third kappa shape index (κ3) is 5.01. The quantitative estimate of drug-likeness (QED) is 0.283. The molecule has 6 atom stereocenters. The first-order valence-electron chi connectivity index (χ1n) is 10.3. The monoisotopic (exact) mass is 404 g/mol. The van der Waals surface area contributed by atoms with Gasteiger partial charge in [0.05, 0.1) is 0 Å². The van der Waals surface area contributed by atoms with Gasteiger partial charge in [0.2, 0.25) is 0 Å². The Bertz CT molecular complexity index is 362. The zero-order valence-electron chi connectivity index (χ0n) is 15.1. The van der Waals surface area contributed by atoms with Crippen LogP contribution in [0.2, 0.25) is 0 Å². The molecule has 0 aliphatic heterocycles. The van der Waals surface area contributed by atoms with Crippen LogP contribution < -0.4 is 0 Å². The van der Waals surface area contributed by atoms with E-state index in [0.29, 0.717) is 0 Å². The van der Waals surface area contributed by atoms with Gasteiger partial charge in [-0.3, -0.25) is 0 Å². The van der Waals surface area contributed by atoms with Crippen molar-refractivity contribution in [1.29, 1.82) is 0 Å². The molecule has 0 aromatic rings. The molecule has 3 fully saturated rings. The second kappa shape index (κ2) is 10.7. The second-order valence-electron chi connectivity index (χ2n) is 8.10. The van der Waals surface area contributed by atoms with Gasteiger partial charge in [-0.25, -0.2) is 0 Å². The summed E-state index contributed by atoms with van der Waals surface area (Å²) in [5.41, 5.74) is 0. The zero-order chi connectivity index (χ0) is 16.8. The Morgan fingerprint density at radius 2 is 1.33 bits per heavy atom. The van der Waals surface area contributed by atoms with Crippen molar-refractivity contribution in [1.82, 2.24) is 0 Å². The normalized spacial score (nSPS) is 37.2. The van der Waals surface area contributed by atoms with E-state index < -0.39 is 0 Å². The average Bonchev–Trinajstić information content (AvgIpc) is 3.27. The smallest absolute Gasteiger partial charge is 0.00809 e. The number of hydrogen-bond donors (Lipinski definition) is 2. The van der Waals surface area contributed by atoms with E-state index in [9.17, 15) is 0 Å². The van der Waals surface area contributed by atoms with Crippen molar-refractivity contribution in [2.45, 2.75) is 74.7 Å². The summed E-state index contributed by atoms with van der Waals surface area (Å²) >= 11 is 13.3. The van der Waals surface area contributed by atoms with Gasteiger partial charge >= 0.3 is 0 Å². The third-order valence-corrected chi connectivity index (χ3v) is 10.3. The summed E-state index contributed by atoms with van der Waals surface area (Å²) in [6.07, 6.45) is 14.4. The predicted molar refractivity (Wildman–Crippen MR) is 120 cm³/mol. The van der Waals surface area contributed by atoms with Gasteiger partial charge in [0, 0.05) is 10.5 Å². The van der Waals surface area contributed by atoms with E-state index in [-0.39, 0.29) is 0 Å². The summed E-state index contributed by atoms with van der Waals surface area (Å²) in [5.74, 6) is 9.33. The molecule has 0 radical (unpaired) electrons. The summed E-state index contributed by atoms with van der Waals surface area (Å²) in [7, 11) is 0. The maximum atomic E-state index is 4.33. The lowest BCUT2D eigenvalue weighted by molar-refractivity contribution is 0.270. The summed E-state index contributed by atoms with van der Waals surface area (Å²) in [6.45, 7) is 0. The molecule has 0 nitrogen and oxygen atoms in total. The van der Waals surface area contributed by atoms with Crippen molar-refractivity contribution in [3.63, 3.8) is 0 Å². The maximum Gasteiger partial charge on any atom is 0.00809 e. The molecule has 2 bridgehead atoms. The summed E-state index contributed by atoms with van der Waals surface area (Å²) in [6, 6.07) is 0. The van der Waals surface area contributed by atoms with Crippen LogP contribution in [0.4, 0.5) is 0 Å². The van der Waals surface area contributed by atoms with Gasteiger partial charge in [0.25, 0.3) is 0 Å². The van der Waals surface area contributed by atoms with Gasteiger partial charge in [-0.1, -0.05) is 12.8 Å². The van der Waals surface area contributed by atoms with Gasteiger partial charge in [-0.2, -0.15) is 48.8 Å². The Kier molecular flexibility index (Phi) is 8.95. The third-order valence-electron chi connectivity index (χ3n) is 6.66. The minimum absolute atomic E-state index is 1.02. The van der Waals surface area contributed by atoms with Gasteiger partial charge in [0.15, 0.2) is 0 Å². The molecule has 3 aliphatic carbocycles. The molecule has 6 unspecified atom stereocenters. The lowest BCUT2D eigenvalue weighted by Crippen LogP contribution is -2.30. The van der Waals surface area contributed by atoms with E-state index in [1.807, 2.05) is 0 Å². The first-order valence-corrected chi connectivity index (χ1v) is 13.7.